The van der Waals surface area contributed by atoms with E-state index in [-0.39, 0.29) is 18.2 Å². The molecule has 0 radical (unpaired) electrons. The number of benzene rings is 1. The molecule has 1 atom stereocenters. The van der Waals surface area contributed by atoms with Gasteiger partial charge in [0.25, 0.3) is 0 Å². The zero-order valence-corrected chi connectivity index (χ0v) is 17.2. The number of nitrogens with zero attached hydrogens (tertiary/aromatic N) is 2. The Kier molecular flexibility index (Phi) is 7.19. The highest BCUT2D eigenvalue weighted by Gasteiger charge is 2.38. The van der Waals surface area contributed by atoms with Gasteiger partial charge in [0.1, 0.15) is 5.25 Å². The van der Waals surface area contributed by atoms with Crippen LogP contribution < -0.4 is 5.32 Å². The van der Waals surface area contributed by atoms with Crippen LogP contribution in [0.5, 0.6) is 0 Å². The number of halogens is 1. The standard InChI is InChI=1S/C20H26ClN3O2S/c1-2-24-19(26)17(13-18(25)23-16-12-8-7-11-15(16)21)27-20(24)22-14-9-5-3-4-6-10-14/h7-8,11-12,14,17H,2-6,9-10,13H2,1H3,(H,23,25). The van der Waals surface area contributed by atoms with Crippen molar-refractivity contribution < 1.29 is 9.59 Å². The molecule has 3 rings (SSSR count). The number of rotatable bonds is 5. The van der Waals surface area contributed by atoms with Gasteiger partial charge in [0.15, 0.2) is 5.17 Å². The SMILES string of the molecule is CCN1C(=O)C(CC(=O)Nc2ccccc2Cl)SC1=NC1CCCCCC1. The lowest BCUT2D eigenvalue weighted by Gasteiger charge is -2.16. The number of hydrogen-bond acceptors (Lipinski definition) is 4. The highest BCUT2D eigenvalue weighted by atomic mass is 35.5. The molecule has 1 N–H and O–H groups in total. The van der Waals surface area contributed by atoms with Crippen molar-refractivity contribution in [1.29, 1.82) is 0 Å². The van der Waals surface area contributed by atoms with E-state index >= 15 is 0 Å². The Morgan fingerprint density at radius 1 is 1.26 bits per heavy atom. The van der Waals surface area contributed by atoms with Crippen LogP contribution in [0.1, 0.15) is 51.9 Å². The maximum Gasteiger partial charge on any atom is 0.242 e. The van der Waals surface area contributed by atoms with Gasteiger partial charge in [-0.25, -0.2) is 0 Å². The highest BCUT2D eigenvalue weighted by molar-refractivity contribution is 8.15. The molecule has 1 unspecified atom stereocenters. The van der Waals surface area contributed by atoms with Gasteiger partial charge in [-0.15, -0.1) is 0 Å². The predicted octanol–water partition coefficient (Wildman–Crippen LogP) is 4.71. The van der Waals surface area contributed by atoms with Gasteiger partial charge >= 0.3 is 0 Å². The molecule has 1 heterocycles. The molecule has 2 fully saturated rings. The summed E-state index contributed by atoms with van der Waals surface area (Å²) in [4.78, 5) is 31.7. The minimum atomic E-state index is -0.419. The minimum absolute atomic E-state index is 0.0239. The maximum absolute atomic E-state index is 12.7. The first kappa shape index (κ1) is 20.2. The van der Waals surface area contributed by atoms with Crippen LogP contribution in [-0.4, -0.2) is 39.7 Å². The number of anilines is 1. The molecule has 2 aliphatic rings. The van der Waals surface area contributed by atoms with Crippen LogP contribution in [0.15, 0.2) is 29.3 Å². The quantitative estimate of drug-likeness (QED) is 0.719. The Labute approximate surface area is 169 Å². The molecule has 146 valence electrons. The second-order valence-corrected chi connectivity index (χ2v) is 8.56. The van der Waals surface area contributed by atoms with E-state index in [1.54, 1.807) is 17.0 Å². The lowest BCUT2D eigenvalue weighted by atomic mass is 10.1. The molecule has 1 aliphatic heterocycles. The summed E-state index contributed by atoms with van der Waals surface area (Å²) in [6.07, 6.45) is 7.26. The first-order valence-electron chi connectivity index (χ1n) is 9.68. The van der Waals surface area contributed by atoms with Gasteiger partial charge in [0.05, 0.1) is 16.8 Å². The summed E-state index contributed by atoms with van der Waals surface area (Å²) in [6, 6.07) is 7.40. The molecular formula is C20H26ClN3O2S. The Morgan fingerprint density at radius 3 is 2.63 bits per heavy atom. The first-order valence-corrected chi connectivity index (χ1v) is 10.9. The van der Waals surface area contributed by atoms with Gasteiger partial charge in [-0.1, -0.05) is 61.2 Å². The number of nitrogens with one attached hydrogen (secondary N) is 1. The predicted molar refractivity (Wildman–Crippen MR) is 112 cm³/mol. The Morgan fingerprint density at radius 2 is 1.96 bits per heavy atom. The second-order valence-electron chi connectivity index (χ2n) is 6.98. The van der Waals surface area contributed by atoms with Crippen molar-refractivity contribution in [3.63, 3.8) is 0 Å². The number of thioether (sulfide) groups is 1. The van der Waals surface area contributed by atoms with E-state index in [9.17, 15) is 9.59 Å². The number of amidine groups is 1. The average molecular weight is 408 g/mol. The molecular weight excluding hydrogens is 382 g/mol. The van der Waals surface area contributed by atoms with Gasteiger partial charge < -0.3 is 5.32 Å². The van der Waals surface area contributed by atoms with Crippen molar-refractivity contribution in [1.82, 2.24) is 4.90 Å². The normalized spacial score (nSPS) is 22.9. The van der Waals surface area contributed by atoms with Crippen LogP contribution in [0.2, 0.25) is 5.02 Å². The molecule has 1 aromatic carbocycles. The van der Waals surface area contributed by atoms with Crippen molar-refractivity contribution in [2.24, 2.45) is 4.99 Å². The summed E-state index contributed by atoms with van der Waals surface area (Å²) in [5.74, 6) is -0.232. The largest absolute Gasteiger partial charge is 0.325 e. The molecule has 2 amide bonds. The van der Waals surface area contributed by atoms with E-state index in [1.807, 2.05) is 19.1 Å². The molecule has 7 heteroatoms. The lowest BCUT2D eigenvalue weighted by molar-refractivity contribution is -0.128. The zero-order valence-electron chi connectivity index (χ0n) is 15.6. The molecule has 1 saturated heterocycles. The Hall–Kier alpha value is -1.53. The smallest absolute Gasteiger partial charge is 0.242 e. The van der Waals surface area contributed by atoms with Crippen LogP contribution in [0.4, 0.5) is 5.69 Å². The number of carbonyl (C=O) groups is 2. The Balaban J connectivity index is 1.65. The third-order valence-electron chi connectivity index (χ3n) is 4.97. The van der Waals surface area contributed by atoms with E-state index in [0.717, 1.165) is 18.0 Å². The second kappa shape index (κ2) is 9.60. The van der Waals surface area contributed by atoms with Crippen LogP contribution in [0.3, 0.4) is 0 Å². The number of aliphatic imine (C=N–C) groups is 1. The van der Waals surface area contributed by atoms with E-state index in [4.69, 9.17) is 16.6 Å². The first-order chi connectivity index (χ1) is 13.1. The molecule has 0 bridgehead atoms. The third-order valence-corrected chi connectivity index (χ3v) is 6.49. The number of carbonyl (C=O) groups excluding carboxylic acids is 2. The molecule has 5 nitrogen and oxygen atoms in total. The molecule has 27 heavy (non-hydrogen) atoms. The summed E-state index contributed by atoms with van der Waals surface area (Å²) in [5, 5.41) is 3.65. The van der Waals surface area contributed by atoms with Crippen molar-refractivity contribution in [3.8, 4) is 0 Å². The topological polar surface area (TPSA) is 61.8 Å². The molecule has 1 aromatic rings. The fraction of sp³-hybridized carbons (Fsp3) is 0.550. The van der Waals surface area contributed by atoms with Crippen molar-refractivity contribution in [2.75, 3.05) is 11.9 Å². The van der Waals surface area contributed by atoms with E-state index in [1.165, 1.54) is 37.4 Å². The summed E-state index contributed by atoms with van der Waals surface area (Å²) in [6.45, 7) is 2.54. The maximum atomic E-state index is 12.7. The third kappa shape index (κ3) is 5.26. The summed E-state index contributed by atoms with van der Waals surface area (Å²) < 4.78 is 0. The summed E-state index contributed by atoms with van der Waals surface area (Å²) >= 11 is 7.52. The number of para-hydroxylation sites is 1. The van der Waals surface area contributed by atoms with Crippen LogP contribution in [0.25, 0.3) is 0 Å². The summed E-state index contributed by atoms with van der Waals surface area (Å²) in [5.41, 5.74) is 0.569. The monoisotopic (exact) mass is 407 g/mol. The Bertz CT molecular complexity index is 717. The van der Waals surface area contributed by atoms with Crippen molar-refractivity contribution in [2.45, 2.75) is 63.2 Å². The van der Waals surface area contributed by atoms with Crippen LogP contribution in [0, 0.1) is 0 Å². The van der Waals surface area contributed by atoms with E-state index in [0.29, 0.717) is 23.3 Å². The van der Waals surface area contributed by atoms with Crippen LogP contribution in [-0.2, 0) is 9.59 Å². The summed E-state index contributed by atoms with van der Waals surface area (Å²) in [7, 11) is 0. The van der Waals surface area contributed by atoms with Crippen molar-refractivity contribution in [3.05, 3.63) is 29.3 Å². The van der Waals surface area contributed by atoms with Gasteiger partial charge in [-0.3, -0.25) is 19.5 Å². The fourth-order valence-corrected chi connectivity index (χ4v) is 4.96. The van der Waals surface area contributed by atoms with Gasteiger partial charge in [0.2, 0.25) is 11.8 Å². The van der Waals surface area contributed by atoms with E-state index < -0.39 is 5.25 Å². The molecule has 0 aromatic heterocycles. The molecule has 0 spiro atoms. The average Bonchev–Trinajstić information content (AvgIpc) is 2.80. The highest BCUT2D eigenvalue weighted by Crippen LogP contribution is 2.32. The zero-order chi connectivity index (χ0) is 19.2. The van der Waals surface area contributed by atoms with Gasteiger partial charge in [0, 0.05) is 13.0 Å². The molecule has 1 saturated carbocycles. The fourth-order valence-electron chi connectivity index (χ4n) is 3.50. The minimum Gasteiger partial charge on any atom is -0.325 e. The van der Waals surface area contributed by atoms with E-state index in [2.05, 4.69) is 5.32 Å². The van der Waals surface area contributed by atoms with Gasteiger partial charge in [-0.2, -0.15) is 0 Å². The lowest BCUT2D eigenvalue weighted by Crippen LogP contribution is -2.33. The van der Waals surface area contributed by atoms with Crippen LogP contribution >= 0.6 is 23.4 Å². The van der Waals surface area contributed by atoms with Gasteiger partial charge in [-0.05, 0) is 31.9 Å². The number of amides is 2. The molecule has 1 aliphatic carbocycles. The van der Waals surface area contributed by atoms with Crippen molar-refractivity contribution >= 4 is 46.0 Å². The number of hydrogen-bond donors (Lipinski definition) is 1.